The van der Waals surface area contributed by atoms with E-state index < -0.39 is 6.17 Å². The Kier molecular flexibility index (Phi) is 5.87. The van der Waals surface area contributed by atoms with E-state index in [2.05, 4.69) is 25.7 Å². The number of alkyl halides is 1. The fourth-order valence-corrected chi connectivity index (χ4v) is 3.93. The maximum Gasteiger partial charge on any atom is 0.213 e. The summed E-state index contributed by atoms with van der Waals surface area (Å²) in [7, 11) is 0. The molecule has 9 heteroatoms. The molecule has 1 saturated heterocycles. The topological polar surface area (TPSA) is 76.4 Å². The molecule has 0 unspecified atom stereocenters. The normalized spacial score (nSPS) is 19.0. The van der Waals surface area contributed by atoms with Gasteiger partial charge in [-0.15, -0.1) is 5.10 Å². The van der Waals surface area contributed by atoms with Crippen LogP contribution < -0.4 is 15.4 Å². The number of hydrogen-bond acceptors (Lipinski definition) is 6. The predicted octanol–water partition coefficient (Wildman–Crippen LogP) is 4.18. The summed E-state index contributed by atoms with van der Waals surface area (Å²) in [4.78, 5) is 8.80. The van der Waals surface area contributed by atoms with Crippen molar-refractivity contribution in [3.8, 4) is 17.1 Å². The number of anilines is 1. The van der Waals surface area contributed by atoms with Crippen LogP contribution in [-0.2, 0) is 0 Å². The molecule has 2 N–H and O–H groups in total. The first kappa shape index (κ1) is 21.3. The second-order valence-electron chi connectivity index (χ2n) is 8.19. The van der Waals surface area contributed by atoms with Crippen LogP contribution in [0.5, 0.6) is 5.88 Å². The van der Waals surface area contributed by atoms with Gasteiger partial charge in [-0.3, -0.25) is 0 Å². The number of pyridine rings is 1. The fraction of sp³-hybridized carbons (Fsp3) is 0.292. The SMILES string of the molecule is C[C@@H](Nc1ccc2ncc(-c3ccc(OC[C@@H]4C[C@H](F)CN4)nc3)n2n1)c1cccc(F)c1. The van der Waals surface area contributed by atoms with E-state index in [0.29, 0.717) is 36.9 Å². The van der Waals surface area contributed by atoms with Crippen LogP contribution in [0.4, 0.5) is 14.6 Å². The third kappa shape index (κ3) is 4.78. The van der Waals surface area contributed by atoms with Crippen molar-refractivity contribution < 1.29 is 13.5 Å². The number of hydrogen-bond donors (Lipinski definition) is 2. The Morgan fingerprint density at radius 1 is 1.18 bits per heavy atom. The minimum absolute atomic E-state index is 0.00476. The fourth-order valence-electron chi connectivity index (χ4n) is 3.93. The van der Waals surface area contributed by atoms with E-state index in [1.54, 1.807) is 29.0 Å². The van der Waals surface area contributed by atoms with Crippen LogP contribution in [0.1, 0.15) is 24.9 Å². The zero-order chi connectivity index (χ0) is 22.8. The van der Waals surface area contributed by atoms with E-state index in [9.17, 15) is 8.78 Å². The van der Waals surface area contributed by atoms with Gasteiger partial charge in [0.05, 0.1) is 17.9 Å². The second kappa shape index (κ2) is 9.11. The summed E-state index contributed by atoms with van der Waals surface area (Å²) in [5, 5.41) is 11.1. The number of fused-ring (bicyclic) bond motifs is 1. The first-order valence-corrected chi connectivity index (χ1v) is 10.9. The lowest BCUT2D eigenvalue weighted by atomic mass is 10.1. The van der Waals surface area contributed by atoms with Crippen molar-refractivity contribution in [2.45, 2.75) is 31.6 Å². The van der Waals surface area contributed by atoms with Crippen molar-refractivity contribution in [3.63, 3.8) is 0 Å². The smallest absolute Gasteiger partial charge is 0.213 e. The van der Waals surface area contributed by atoms with E-state index in [4.69, 9.17) is 4.74 Å². The molecule has 4 aromatic rings. The summed E-state index contributed by atoms with van der Waals surface area (Å²) < 4.78 is 34.3. The van der Waals surface area contributed by atoms with Gasteiger partial charge in [-0.1, -0.05) is 12.1 Å². The zero-order valence-corrected chi connectivity index (χ0v) is 18.1. The monoisotopic (exact) mass is 450 g/mol. The maximum atomic E-state index is 13.6. The number of halogens is 2. The molecule has 0 amide bonds. The molecule has 0 spiro atoms. The number of rotatable bonds is 7. The molecule has 3 atom stereocenters. The number of imidazole rings is 1. The molecule has 0 aliphatic carbocycles. The van der Waals surface area contributed by atoms with Crippen LogP contribution in [0.25, 0.3) is 16.9 Å². The Hall–Kier alpha value is -3.59. The molecule has 7 nitrogen and oxygen atoms in total. The van der Waals surface area contributed by atoms with Crippen LogP contribution >= 0.6 is 0 Å². The Labute approximate surface area is 189 Å². The molecule has 1 aromatic carbocycles. The highest BCUT2D eigenvalue weighted by Gasteiger charge is 2.24. The third-order valence-corrected chi connectivity index (χ3v) is 5.71. The predicted molar refractivity (Wildman–Crippen MR) is 121 cm³/mol. The van der Waals surface area contributed by atoms with E-state index >= 15 is 0 Å². The van der Waals surface area contributed by atoms with Gasteiger partial charge >= 0.3 is 0 Å². The van der Waals surface area contributed by atoms with E-state index in [1.165, 1.54) is 12.1 Å². The summed E-state index contributed by atoms with van der Waals surface area (Å²) in [5.41, 5.74) is 3.14. The van der Waals surface area contributed by atoms with Crippen LogP contribution in [0.2, 0.25) is 0 Å². The van der Waals surface area contributed by atoms with Gasteiger partial charge in [-0.2, -0.15) is 0 Å². The number of nitrogens with one attached hydrogen (secondary N) is 2. The van der Waals surface area contributed by atoms with Crippen LogP contribution in [-0.4, -0.2) is 44.9 Å². The summed E-state index contributed by atoms with van der Waals surface area (Å²) in [6.45, 7) is 2.70. The first-order valence-electron chi connectivity index (χ1n) is 10.9. The molecular weight excluding hydrogens is 426 g/mol. The lowest BCUT2D eigenvalue weighted by molar-refractivity contribution is 0.260. The van der Waals surface area contributed by atoms with E-state index in [-0.39, 0.29) is 17.9 Å². The third-order valence-electron chi connectivity index (χ3n) is 5.71. The highest BCUT2D eigenvalue weighted by atomic mass is 19.1. The Morgan fingerprint density at radius 3 is 2.85 bits per heavy atom. The molecule has 170 valence electrons. The molecule has 1 aliphatic heterocycles. The van der Waals surface area contributed by atoms with Crippen molar-refractivity contribution in [1.29, 1.82) is 0 Å². The minimum Gasteiger partial charge on any atom is -0.476 e. The van der Waals surface area contributed by atoms with Crippen molar-refractivity contribution in [2.24, 2.45) is 0 Å². The van der Waals surface area contributed by atoms with Crippen LogP contribution in [0, 0.1) is 5.82 Å². The highest BCUT2D eigenvalue weighted by molar-refractivity contribution is 5.63. The van der Waals surface area contributed by atoms with Crippen molar-refractivity contribution in [1.82, 2.24) is 24.9 Å². The molecule has 0 bridgehead atoms. The number of nitrogens with zero attached hydrogens (tertiary/aromatic N) is 4. The Morgan fingerprint density at radius 2 is 2.09 bits per heavy atom. The molecule has 1 fully saturated rings. The minimum atomic E-state index is -0.812. The molecule has 3 aromatic heterocycles. The highest BCUT2D eigenvalue weighted by Crippen LogP contribution is 2.24. The van der Waals surface area contributed by atoms with Crippen molar-refractivity contribution in [2.75, 3.05) is 18.5 Å². The van der Waals surface area contributed by atoms with Gasteiger partial charge in [0.2, 0.25) is 5.88 Å². The number of aromatic nitrogens is 4. The quantitative estimate of drug-likeness (QED) is 0.440. The molecule has 1 aliphatic rings. The van der Waals surface area contributed by atoms with Gasteiger partial charge in [0, 0.05) is 30.4 Å². The van der Waals surface area contributed by atoms with E-state index in [0.717, 1.165) is 16.8 Å². The summed E-state index contributed by atoms with van der Waals surface area (Å²) in [5.74, 6) is 0.852. The van der Waals surface area contributed by atoms with Gasteiger partial charge in [-0.05, 0) is 49.2 Å². The lowest BCUT2D eigenvalue weighted by Gasteiger charge is -2.15. The van der Waals surface area contributed by atoms with Gasteiger partial charge in [0.1, 0.15) is 24.4 Å². The maximum absolute atomic E-state index is 13.6. The van der Waals surface area contributed by atoms with Crippen LogP contribution in [0.3, 0.4) is 0 Å². The van der Waals surface area contributed by atoms with Crippen molar-refractivity contribution >= 4 is 11.5 Å². The van der Waals surface area contributed by atoms with Gasteiger partial charge < -0.3 is 15.4 Å². The molecule has 0 radical (unpaired) electrons. The standard InChI is InChI=1S/C24H24F2N6O/c1-15(16-3-2-4-18(25)9-16)30-22-6-7-23-28-13-21(32(23)31-22)17-5-8-24(29-11-17)33-14-20-10-19(26)12-27-20/h2-9,11,13,15,19-20,27H,10,12,14H2,1H3,(H,30,31)/t15-,19+,20+/m1/s1. The molecule has 0 saturated carbocycles. The summed E-state index contributed by atoms with van der Waals surface area (Å²) >= 11 is 0. The van der Waals surface area contributed by atoms with Gasteiger partial charge in [-0.25, -0.2) is 23.3 Å². The van der Waals surface area contributed by atoms with Gasteiger partial charge in [0.25, 0.3) is 0 Å². The number of benzene rings is 1. The zero-order valence-electron chi connectivity index (χ0n) is 18.1. The summed E-state index contributed by atoms with van der Waals surface area (Å²) in [6.07, 6.45) is 3.09. The lowest BCUT2D eigenvalue weighted by Crippen LogP contribution is -2.28. The molecule has 5 rings (SSSR count). The first-order chi connectivity index (χ1) is 16.0. The van der Waals surface area contributed by atoms with Crippen LogP contribution in [0.15, 0.2) is 60.9 Å². The molecule has 33 heavy (non-hydrogen) atoms. The Bertz CT molecular complexity index is 1250. The van der Waals surface area contributed by atoms with E-state index in [1.807, 2.05) is 31.2 Å². The Balaban J connectivity index is 1.31. The average molecular weight is 450 g/mol. The second-order valence-corrected chi connectivity index (χ2v) is 8.19. The summed E-state index contributed by atoms with van der Waals surface area (Å²) in [6, 6.07) is 13.8. The largest absolute Gasteiger partial charge is 0.476 e. The molecule has 4 heterocycles. The number of ether oxygens (including phenoxy) is 1. The average Bonchev–Trinajstić information content (AvgIpc) is 3.43. The van der Waals surface area contributed by atoms with Crippen molar-refractivity contribution in [3.05, 3.63) is 72.3 Å². The van der Waals surface area contributed by atoms with Gasteiger partial charge in [0.15, 0.2) is 5.65 Å². The molecular formula is C24H24F2N6O.